The van der Waals surface area contributed by atoms with Gasteiger partial charge in [-0.25, -0.2) is 0 Å². The molecule has 0 bridgehead atoms. The second-order valence-corrected chi connectivity index (χ2v) is 6.71. The van der Waals surface area contributed by atoms with E-state index >= 15 is 0 Å². The minimum Gasteiger partial charge on any atom is -0.493 e. The first-order valence-corrected chi connectivity index (χ1v) is 8.92. The van der Waals surface area contributed by atoms with E-state index in [2.05, 4.69) is 15.5 Å². The molecule has 2 aromatic carbocycles. The number of methoxy groups -OCH3 is 2. The van der Waals surface area contributed by atoms with Crippen molar-refractivity contribution in [3.8, 4) is 11.5 Å². The fourth-order valence-corrected chi connectivity index (χ4v) is 2.83. The molecule has 0 aliphatic carbocycles. The van der Waals surface area contributed by atoms with Crippen LogP contribution in [0.25, 0.3) is 0 Å². The van der Waals surface area contributed by atoms with Crippen molar-refractivity contribution in [3.05, 3.63) is 45.9 Å². The molecule has 0 aliphatic rings. The fraction of sp³-hybridized carbons (Fsp3) is 0.263. The Hall–Kier alpha value is -2.64. The standard InChI is InChI=1S/C19H19Cl2N3O4/c1-10-7-12(20)5-6-14(10)23-24-17(11(2)25)19(26)22-15-8-13(21)9-16(27-3)18(15)28-4/h5-9,17H,1-4H3,(H,22,26). The minimum absolute atomic E-state index is 0.251. The summed E-state index contributed by atoms with van der Waals surface area (Å²) < 4.78 is 10.5. The maximum absolute atomic E-state index is 12.6. The zero-order valence-electron chi connectivity index (χ0n) is 15.7. The van der Waals surface area contributed by atoms with Crippen molar-refractivity contribution in [2.45, 2.75) is 19.9 Å². The van der Waals surface area contributed by atoms with Gasteiger partial charge in [-0.15, -0.1) is 0 Å². The number of ether oxygens (including phenoxy) is 2. The number of nitrogens with one attached hydrogen (secondary N) is 1. The van der Waals surface area contributed by atoms with Crippen molar-refractivity contribution >= 4 is 46.3 Å². The van der Waals surface area contributed by atoms with Crippen LogP contribution in [0.3, 0.4) is 0 Å². The lowest BCUT2D eigenvalue weighted by atomic mass is 10.2. The predicted molar refractivity (Wildman–Crippen MR) is 108 cm³/mol. The van der Waals surface area contributed by atoms with Gasteiger partial charge in [-0.3, -0.25) is 9.59 Å². The number of nitrogens with zero attached hydrogens (tertiary/aromatic N) is 2. The van der Waals surface area contributed by atoms with E-state index in [1.54, 1.807) is 31.2 Å². The molecule has 0 saturated heterocycles. The lowest BCUT2D eigenvalue weighted by Gasteiger charge is -2.15. The summed E-state index contributed by atoms with van der Waals surface area (Å²) in [6, 6.07) is 6.70. The molecule has 0 radical (unpaired) electrons. The highest BCUT2D eigenvalue weighted by atomic mass is 35.5. The van der Waals surface area contributed by atoms with E-state index in [4.69, 9.17) is 32.7 Å². The van der Waals surface area contributed by atoms with Gasteiger partial charge in [0.25, 0.3) is 5.91 Å². The Morgan fingerprint density at radius 3 is 2.36 bits per heavy atom. The van der Waals surface area contributed by atoms with E-state index in [-0.39, 0.29) is 11.4 Å². The molecule has 0 spiro atoms. The Kier molecular flexibility index (Phi) is 7.37. The molecule has 1 amide bonds. The maximum Gasteiger partial charge on any atom is 0.258 e. The normalized spacial score (nSPS) is 11.9. The second-order valence-electron chi connectivity index (χ2n) is 5.84. The Morgan fingerprint density at radius 2 is 1.79 bits per heavy atom. The number of anilines is 1. The van der Waals surface area contributed by atoms with Crippen LogP contribution in [0.2, 0.25) is 10.0 Å². The monoisotopic (exact) mass is 423 g/mol. The van der Waals surface area contributed by atoms with Crippen LogP contribution >= 0.6 is 23.2 Å². The van der Waals surface area contributed by atoms with Crippen LogP contribution in [0.15, 0.2) is 40.6 Å². The number of amides is 1. The van der Waals surface area contributed by atoms with Gasteiger partial charge >= 0.3 is 0 Å². The summed E-state index contributed by atoms with van der Waals surface area (Å²) in [4.78, 5) is 24.6. The smallest absolute Gasteiger partial charge is 0.258 e. The molecule has 0 fully saturated rings. The quantitative estimate of drug-likeness (QED) is 0.501. The molecule has 9 heteroatoms. The third-order valence-electron chi connectivity index (χ3n) is 3.77. The average Bonchev–Trinajstić information content (AvgIpc) is 2.62. The van der Waals surface area contributed by atoms with Crippen molar-refractivity contribution in [2.75, 3.05) is 19.5 Å². The number of carbonyl (C=O) groups is 2. The van der Waals surface area contributed by atoms with Crippen LogP contribution in [0.5, 0.6) is 11.5 Å². The van der Waals surface area contributed by atoms with E-state index in [1.807, 2.05) is 0 Å². The number of aryl methyl sites for hydroxylation is 1. The van der Waals surface area contributed by atoms with Gasteiger partial charge in [0.05, 0.1) is 25.6 Å². The number of carbonyl (C=O) groups excluding carboxylic acids is 2. The lowest BCUT2D eigenvalue weighted by Crippen LogP contribution is -2.32. The second kappa shape index (κ2) is 9.52. The van der Waals surface area contributed by atoms with E-state index in [1.165, 1.54) is 27.2 Å². The number of azo groups is 1. The largest absolute Gasteiger partial charge is 0.493 e. The van der Waals surface area contributed by atoms with Crippen molar-refractivity contribution in [1.29, 1.82) is 0 Å². The number of hydrogen-bond acceptors (Lipinski definition) is 6. The summed E-state index contributed by atoms with van der Waals surface area (Å²) in [6.45, 7) is 3.06. The number of halogens is 2. The molecular weight excluding hydrogens is 405 g/mol. The molecule has 1 N–H and O–H groups in total. The Bertz CT molecular complexity index is 932. The van der Waals surface area contributed by atoms with Gasteiger partial charge in [-0.2, -0.15) is 10.2 Å². The van der Waals surface area contributed by atoms with Gasteiger partial charge in [0.1, 0.15) is 0 Å². The van der Waals surface area contributed by atoms with Crippen molar-refractivity contribution in [1.82, 2.24) is 0 Å². The van der Waals surface area contributed by atoms with Gasteiger partial charge in [-0.1, -0.05) is 23.2 Å². The summed E-state index contributed by atoms with van der Waals surface area (Å²) in [5, 5.41) is 11.4. The fourth-order valence-electron chi connectivity index (χ4n) is 2.39. The van der Waals surface area contributed by atoms with Crippen LogP contribution in [-0.4, -0.2) is 32.0 Å². The van der Waals surface area contributed by atoms with Crippen LogP contribution in [0.1, 0.15) is 12.5 Å². The molecule has 0 saturated carbocycles. The predicted octanol–water partition coefficient (Wildman–Crippen LogP) is 5.00. The molecular formula is C19H19Cl2N3O4. The highest BCUT2D eigenvalue weighted by molar-refractivity contribution is 6.31. The molecule has 0 aliphatic heterocycles. The highest BCUT2D eigenvalue weighted by Gasteiger charge is 2.25. The first kappa shape index (κ1) is 21.7. The van der Waals surface area contributed by atoms with E-state index < -0.39 is 17.7 Å². The van der Waals surface area contributed by atoms with Crippen LogP contribution in [0.4, 0.5) is 11.4 Å². The first-order valence-electron chi connectivity index (χ1n) is 8.16. The van der Waals surface area contributed by atoms with Gasteiger partial charge < -0.3 is 14.8 Å². The summed E-state index contributed by atoms with van der Waals surface area (Å²) >= 11 is 12.0. The van der Waals surface area contributed by atoms with Crippen molar-refractivity contribution in [2.24, 2.45) is 10.2 Å². The number of ketones is 1. The summed E-state index contributed by atoms with van der Waals surface area (Å²) in [5.41, 5.74) is 1.52. The van der Waals surface area contributed by atoms with E-state index in [0.29, 0.717) is 21.5 Å². The Balaban J connectivity index is 2.30. The molecule has 7 nitrogen and oxygen atoms in total. The molecule has 1 unspecified atom stereocenters. The molecule has 0 aromatic heterocycles. The van der Waals surface area contributed by atoms with Gasteiger partial charge in [0.15, 0.2) is 17.3 Å². The molecule has 1 atom stereocenters. The number of hydrogen-bond donors (Lipinski definition) is 1. The topological polar surface area (TPSA) is 89.4 Å². The highest BCUT2D eigenvalue weighted by Crippen LogP contribution is 2.38. The molecule has 2 rings (SSSR count). The Morgan fingerprint density at radius 1 is 1.07 bits per heavy atom. The van der Waals surface area contributed by atoms with Crippen molar-refractivity contribution < 1.29 is 19.1 Å². The third-order valence-corrected chi connectivity index (χ3v) is 4.23. The molecule has 28 heavy (non-hydrogen) atoms. The van der Waals surface area contributed by atoms with Crippen LogP contribution in [-0.2, 0) is 9.59 Å². The van der Waals surface area contributed by atoms with Gasteiger partial charge in [0.2, 0.25) is 6.04 Å². The zero-order valence-corrected chi connectivity index (χ0v) is 17.3. The van der Waals surface area contributed by atoms with Gasteiger partial charge in [-0.05, 0) is 43.7 Å². The maximum atomic E-state index is 12.6. The number of Topliss-reactive ketones (excluding diaryl/α,β-unsaturated/α-hetero) is 1. The lowest BCUT2D eigenvalue weighted by molar-refractivity contribution is -0.126. The number of benzene rings is 2. The third kappa shape index (κ3) is 5.21. The van der Waals surface area contributed by atoms with Gasteiger partial charge in [0, 0.05) is 16.1 Å². The molecule has 148 valence electrons. The van der Waals surface area contributed by atoms with Crippen molar-refractivity contribution in [3.63, 3.8) is 0 Å². The summed E-state index contributed by atoms with van der Waals surface area (Å²) in [6.07, 6.45) is 0. The van der Waals surface area contributed by atoms with E-state index in [0.717, 1.165) is 5.56 Å². The van der Waals surface area contributed by atoms with E-state index in [9.17, 15) is 9.59 Å². The van der Waals surface area contributed by atoms with Crippen LogP contribution < -0.4 is 14.8 Å². The minimum atomic E-state index is -1.34. The summed E-state index contributed by atoms with van der Waals surface area (Å²) in [5.74, 6) is -0.539. The number of rotatable bonds is 7. The SMILES string of the molecule is COc1cc(Cl)cc(NC(=O)C(N=Nc2ccc(Cl)cc2C)C(C)=O)c1OC. The first-order chi connectivity index (χ1) is 13.3. The molecule has 0 heterocycles. The zero-order chi connectivity index (χ0) is 20.8. The summed E-state index contributed by atoms with van der Waals surface area (Å²) in [7, 11) is 2.87. The van der Waals surface area contributed by atoms with Crippen LogP contribution in [0, 0.1) is 6.92 Å². The Labute approximate surface area is 172 Å². The molecule has 2 aromatic rings. The average molecular weight is 424 g/mol.